The zero-order chi connectivity index (χ0) is 14.7. The molecule has 1 atom stereocenters. The fourth-order valence-corrected chi connectivity index (χ4v) is 2.63. The van der Waals surface area contributed by atoms with Gasteiger partial charge in [0.25, 0.3) is 5.91 Å². The topological polar surface area (TPSA) is 44.9 Å². The molecule has 0 aliphatic rings. The highest BCUT2D eigenvalue weighted by Crippen LogP contribution is 2.20. The second kappa shape index (κ2) is 5.83. The van der Waals surface area contributed by atoms with Crippen molar-refractivity contribution >= 4 is 16.8 Å². The van der Waals surface area contributed by atoms with Gasteiger partial charge in [0, 0.05) is 22.7 Å². The Morgan fingerprint density at radius 3 is 2.67 bits per heavy atom. The standard InChI is InChI=1S/C18H18N2O/c1-2-16(13-7-4-3-5-8-13)20-18(21)15-9-6-10-17-14(15)11-12-19-17/h3-12,16,19H,2H2,1H3,(H,20,21)/t16-/m0/s1. The van der Waals surface area contributed by atoms with Gasteiger partial charge in [-0.1, -0.05) is 43.3 Å². The van der Waals surface area contributed by atoms with E-state index in [4.69, 9.17) is 0 Å². The minimum atomic E-state index is -0.0316. The quantitative estimate of drug-likeness (QED) is 0.743. The molecule has 3 aromatic rings. The van der Waals surface area contributed by atoms with E-state index in [1.54, 1.807) is 0 Å². The summed E-state index contributed by atoms with van der Waals surface area (Å²) in [7, 11) is 0. The summed E-state index contributed by atoms with van der Waals surface area (Å²) >= 11 is 0. The SMILES string of the molecule is CC[C@H](NC(=O)c1cccc2[nH]ccc12)c1ccccc1. The molecule has 21 heavy (non-hydrogen) atoms. The first-order valence-corrected chi connectivity index (χ1v) is 7.21. The lowest BCUT2D eigenvalue weighted by Gasteiger charge is -2.17. The van der Waals surface area contributed by atoms with Crippen LogP contribution in [0, 0.1) is 0 Å². The third-order valence-corrected chi connectivity index (χ3v) is 3.76. The third kappa shape index (κ3) is 2.68. The van der Waals surface area contributed by atoms with E-state index in [1.807, 2.05) is 60.8 Å². The number of nitrogens with one attached hydrogen (secondary N) is 2. The van der Waals surface area contributed by atoms with Crippen LogP contribution >= 0.6 is 0 Å². The van der Waals surface area contributed by atoms with E-state index in [0.29, 0.717) is 5.56 Å². The van der Waals surface area contributed by atoms with Gasteiger partial charge in [0.1, 0.15) is 0 Å². The molecule has 1 heterocycles. The molecule has 2 N–H and O–H groups in total. The van der Waals surface area contributed by atoms with Crippen LogP contribution in [0.5, 0.6) is 0 Å². The summed E-state index contributed by atoms with van der Waals surface area (Å²) in [4.78, 5) is 15.7. The number of hydrogen-bond acceptors (Lipinski definition) is 1. The molecule has 3 nitrogen and oxygen atoms in total. The summed E-state index contributed by atoms with van der Waals surface area (Å²) in [6, 6.07) is 17.8. The first-order chi connectivity index (χ1) is 10.3. The second-order valence-electron chi connectivity index (χ2n) is 5.09. The minimum Gasteiger partial charge on any atom is -0.361 e. The van der Waals surface area contributed by atoms with Gasteiger partial charge in [-0.15, -0.1) is 0 Å². The van der Waals surface area contributed by atoms with Crippen LogP contribution in [-0.2, 0) is 0 Å². The number of carbonyl (C=O) groups excluding carboxylic acids is 1. The summed E-state index contributed by atoms with van der Waals surface area (Å²) in [6.07, 6.45) is 2.72. The number of carbonyl (C=O) groups is 1. The number of aromatic nitrogens is 1. The van der Waals surface area contributed by atoms with Crippen molar-refractivity contribution in [1.82, 2.24) is 10.3 Å². The van der Waals surface area contributed by atoms with Gasteiger partial charge < -0.3 is 10.3 Å². The van der Waals surface area contributed by atoms with Crippen molar-refractivity contribution in [2.75, 3.05) is 0 Å². The second-order valence-corrected chi connectivity index (χ2v) is 5.09. The molecule has 3 rings (SSSR count). The van der Waals surface area contributed by atoms with E-state index >= 15 is 0 Å². The van der Waals surface area contributed by atoms with Crippen molar-refractivity contribution < 1.29 is 4.79 Å². The number of benzene rings is 2. The third-order valence-electron chi connectivity index (χ3n) is 3.76. The average molecular weight is 278 g/mol. The average Bonchev–Trinajstić information content (AvgIpc) is 3.01. The van der Waals surface area contributed by atoms with Crippen molar-refractivity contribution in [3.05, 3.63) is 71.9 Å². The van der Waals surface area contributed by atoms with E-state index in [0.717, 1.165) is 22.9 Å². The lowest BCUT2D eigenvalue weighted by atomic mass is 10.0. The largest absolute Gasteiger partial charge is 0.361 e. The fourth-order valence-electron chi connectivity index (χ4n) is 2.63. The van der Waals surface area contributed by atoms with Crippen molar-refractivity contribution in [1.29, 1.82) is 0 Å². The molecule has 0 aliphatic heterocycles. The maximum Gasteiger partial charge on any atom is 0.252 e. The van der Waals surface area contributed by atoms with Gasteiger partial charge in [-0.05, 0) is 30.2 Å². The van der Waals surface area contributed by atoms with Crippen molar-refractivity contribution in [2.45, 2.75) is 19.4 Å². The Morgan fingerprint density at radius 2 is 1.90 bits per heavy atom. The van der Waals surface area contributed by atoms with Gasteiger partial charge in [-0.25, -0.2) is 0 Å². The molecule has 0 saturated heterocycles. The molecule has 0 spiro atoms. The molecule has 0 fully saturated rings. The minimum absolute atomic E-state index is 0.0316. The lowest BCUT2D eigenvalue weighted by molar-refractivity contribution is 0.0937. The summed E-state index contributed by atoms with van der Waals surface area (Å²) in [5.41, 5.74) is 2.83. The van der Waals surface area contributed by atoms with Gasteiger partial charge in [0.05, 0.1) is 6.04 Å². The highest BCUT2D eigenvalue weighted by Gasteiger charge is 2.15. The number of aromatic amines is 1. The zero-order valence-electron chi connectivity index (χ0n) is 12.0. The van der Waals surface area contributed by atoms with Crippen molar-refractivity contribution in [3.8, 4) is 0 Å². The highest BCUT2D eigenvalue weighted by atomic mass is 16.1. The Labute approximate surface area is 124 Å². The highest BCUT2D eigenvalue weighted by molar-refractivity contribution is 6.06. The van der Waals surface area contributed by atoms with Gasteiger partial charge in [-0.2, -0.15) is 0 Å². The monoisotopic (exact) mass is 278 g/mol. The predicted molar refractivity (Wildman–Crippen MR) is 85.2 cm³/mol. The molecule has 2 aromatic carbocycles. The van der Waals surface area contributed by atoms with Crippen LogP contribution in [0.3, 0.4) is 0 Å². The smallest absolute Gasteiger partial charge is 0.252 e. The van der Waals surface area contributed by atoms with Crippen LogP contribution in [0.2, 0.25) is 0 Å². The van der Waals surface area contributed by atoms with Gasteiger partial charge in [0.15, 0.2) is 0 Å². The Kier molecular flexibility index (Phi) is 3.73. The molecule has 1 amide bonds. The van der Waals surface area contributed by atoms with Crippen LogP contribution in [0.15, 0.2) is 60.8 Å². The van der Waals surface area contributed by atoms with E-state index in [-0.39, 0.29) is 11.9 Å². The van der Waals surface area contributed by atoms with E-state index in [1.165, 1.54) is 0 Å². The van der Waals surface area contributed by atoms with Gasteiger partial charge in [-0.3, -0.25) is 4.79 Å². The fraction of sp³-hybridized carbons (Fsp3) is 0.167. The summed E-state index contributed by atoms with van der Waals surface area (Å²) in [6.45, 7) is 2.08. The summed E-state index contributed by atoms with van der Waals surface area (Å²) in [5, 5.41) is 4.08. The molecule has 0 bridgehead atoms. The van der Waals surface area contributed by atoms with Crippen LogP contribution in [0.4, 0.5) is 0 Å². The summed E-state index contributed by atoms with van der Waals surface area (Å²) in [5.74, 6) is -0.0316. The maximum atomic E-state index is 12.6. The molecule has 0 aliphatic carbocycles. The number of hydrogen-bond donors (Lipinski definition) is 2. The van der Waals surface area contributed by atoms with E-state index in [9.17, 15) is 4.79 Å². The molecule has 1 aromatic heterocycles. The number of amides is 1. The number of H-pyrrole nitrogens is 1. The zero-order valence-corrected chi connectivity index (χ0v) is 12.0. The Balaban J connectivity index is 1.87. The Bertz CT molecular complexity index is 746. The molecule has 0 radical (unpaired) electrons. The van der Waals surface area contributed by atoms with Crippen LogP contribution in [0.25, 0.3) is 10.9 Å². The number of fused-ring (bicyclic) bond motifs is 1. The maximum absolute atomic E-state index is 12.6. The molecule has 3 heteroatoms. The lowest BCUT2D eigenvalue weighted by Crippen LogP contribution is -2.28. The van der Waals surface area contributed by atoms with Crippen LogP contribution < -0.4 is 5.32 Å². The molecular weight excluding hydrogens is 260 g/mol. The predicted octanol–water partition coefficient (Wildman–Crippen LogP) is 4.05. The number of rotatable bonds is 4. The normalized spacial score (nSPS) is 12.2. The molecular formula is C18H18N2O. The van der Waals surface area contributed by atoms with E-state index < -0.39 is 0 Å². The molecule has 0 saturated carbocycles. The molecule has 0 unspecified atom stereocenters. The Hall–Kier alpha value is -2.55. The van der Waals surface area contributed by atoms with Crippen LogP contribution in [-0.4, -0.2) is 10.9 Å². The first kappa shape index (κ1) is 13.4. The van der Waals surface area contributed by atoms with Crippen LogP contribution in [0.1, 0.15) is 35.3 Å². The van der Waals surface area contributed by atoms with Gasteiger partial charge >= 0.3 is 0 Å². The van der Waals surface area contributed by atoms with Crippen molar-refractivity contribution in [2.24, 2.45) is 0 Å². The van der Waals surface area contributed by atoms with Gasteiger partial charge in [0.2, 0.25) is 0 Å². The van der Waals surface area contributed by atoms with Crippen molar-refractivity contribution in [3.63, 3.8) is 0 Å². The Morgan fingerprint density at radius 1 is 1.10 bits per heavy atom. The summed E-state index contributed by atoms with van der Waals surface area (Å²) < 4.78 is 0. The molecule has 106 valence electrons. The first-order valence-electron chi connectivity index (χ1n) is 7.21. The van der Waals surface area contributed by atoms with E-state index in [2.05, 4.69) is 17.2 Å².